The molecule has 0 aromatic carbocycles. The zero-order valence-corrected chi connectivity index (χ0v) is 13.8. The van der Waals surface area contributed by atoms with Gasteiger partial charge in [-0.25, -0.2) is 0 Å². The summed E-state index contributed by atoms with van der Waals surface area (Å²) in [6, 6.07) is 0. The third-order valence-corrected chi connectivity index (χ3v) is 3.72. The molecule has 0 aromatic rings. The Labute approximate surface area is 130 Å². The molecule has 4 heteroatoms. The van der Waals surface area contributed by atoms with Gasteiger partial charge in [-0.1, -0.05) is 71.1 Å². The average Bonchev–Trinajstić information content (AvgIpc) is 2.49. The standard InChI is InChI=1S/C17H36O4/c1-2-3-4-5-6-7-8-9-10-11-12-16(19)14-21-15-17(20)13-18/h16-20H,2-15H2,1H3/t16-,17+/m1/s1. The van der Waals surface area contributed by atoms with Gasteiger partial charge in [-0.2, -0.15) is 0 Å². The summed E-state index contributed by atoms with van der Waals surface area (Å²) < 4.78 is 5.13. The van der Waals surface area contributed by atoms with E-state index in [-0.39, 0.29) is 19.8 Å². The van der Waals surface area contributed by atoms with Crippen LogP contribution in [-0.2, 0) is 4.74 Å². The molecule has 0 saturated heterocycles. The minimum Gasteiger partial charge on any atom is -0.394 e. The van der Waals surface area contributed by atoms with E-state index in [0.717, 1.165) is 12.8 Å². The third kappa shape index (κ3) is 16.0. The Hall–Kier alpha value is -0.160. The van der Waals surface area contributed by atoms with E-state index < -0.39 is 12.2 Å². The van der Waals surface area contributed by atoms with Crippen LogP contribution >= 0.6 is 0 Å². The van der Waals surface area contributed by atoms with E-state index >= 15 is 0 Å². The van der Waals surface area contributed by atoms with Gasteiger partial charge in [0.2, 0.25) is 0 Å². The second kappa shape index (κ2) is 16.2. The summed E-state index contributed by atoms with van der Waals surface area (Å²) in [4.78, 5) is 0. The second-order valence-corrected chi connectivity index (χ2v) is 6.00. The molecule has 0 aromatic heterocycles. The van der Waals surface area contributed by atoms with Crippen LogP contribution in [0.2, 0.25) is 0 Å². The molecule has 0 heterocycles. The summed E-state index contributed by atoms with van der Waals surface area (Å²) in [6.07, 6.45) is 12.4. The maximum Gasteiger partial charge on any atom is 0.100 e. The van der Waals surface area contributed by atoms with E-state index in [9.17, 15) is 5.11 Å². The highest BCUT2D eigenvalue weighted by Gasteiger charge is 2.06. The van der Waals surface area contributed by atoms with Gasteiger partial charge in [0, 0.05) is 0 Å². The molecular formula is C17H36O4. The summed E-state index contributed by atoms with van der Waals surface area (Å²) >= 11 is 0. The molecule has 0 fully saturated rings. The van der Waals surface area contributed by atoms with Gasteiger partial charge >= 0.3 is 0 Å². The Kier molecular flexibility index (Phi) is 16.1. The van der Waals surface area contributed by atoms with Crippen LogP contribution in [0.15, 0.2) is 0 Å². The van der Waals surface area contributed by atoms with Gasteiger partial charge in [0.25, 0.3) is 0 Å². The van der Waals surface area contributed by atoms with Gasteiger partial charge in [0.05, 0.1) is 25.9 Å². The van der Waals surface area contributed by atoms with Gasteiger partial charge in [-0.05, 0) is 6.42 Å². The molecule has 0 aliphatic carbocycles. The lowest BCUT2D eigenvalue weighted by Crippen LogP contribution is -2.23. The minimum atomic E-state index is -0.838. The van der Waals surface area contributed by atoms with E-state index in [4.69, 9.17) is 14.9 Å². The Morgan fingerprint density at radius 3 is 1.71 bits per heavy atom. The highest BCUT2D eigenvalue weighted by Crippen LogP contribution is 2.12. The van der Waals surface area contributed by atoms with Gasteiger partial charge < -0.3 is 20.1 Å². The SMILES string of the molecule is CCCCCCCCCCCC[C@@H](O)COC[C@@H](O)CO. The number of aliphatic hydroxyl groups excluding tert-OH is 3. The lowest BCUT2D eigenvalue weighted by atomic mass is 10.0. The van der Waals surface area contributed by atoms with Crippen molar-refractivity contribution >= 4 is 0 Å². The zero-order chi connectivity index (χ0) is 15.8. The number of hydrogen-bond acceptors (Lipinski definition) is 4. The lowest BCUT2D eigenvalue weighted by molar-refractivity contribution is -0.0262. The first-order chi connectivity index (χ1) is 10.2. The summed E-state index contributed by atoms with van der Waals surface area (Å²) in [5.74, 6) is 0. The second-order valence-electron chi connectivity index (χ2n) is 6.00. The van der Waals surface area contributed by atoms with Crippen LogP contribution in [0, 0.1) is 0 Å². The largest absolute Gasteiger partial charge is 0.394 e. The van der Waals surface area contributed by atoms with Gasteiger partial charge in [0.1, 0.15) is 6.10 Å². The minimum absolute atomic E-state index is 0.0889. The van der Waals surface area contributed by atoms with Crippen LogP contribution in [0.3, 0.4) is 0 Å². The van der Waals surface area contributed by atoms with E-state index in [1.54, 1.807) is 0 Å². The molecule has 0 radical (unpaired) electrons. The first-order valence-electron chi connectivity index (χ1n) is 8.75. The van der Waals surface area contributed by atoms with E-state index in [1.807, 2.05) is 0 Å². The molecule has 0 bridgehead atoms. The molecule has 0 unspecified atom stereocenters. The van der Waals surface area contributed by atoms with Crippen LogP contribution < -0.4 is 0 Å². The smallest absolute Gasteiger partial charge is 0.100 e. The predicted octanol–water partition coefficient (Wildman–Crippen LogP) is 3.03. The maximum atomic E-state index is 9.69. The van der Waals surface area contributed by atoms with E-state index in [2.05, 4.69) is 6.92 Å². The molecule has 0 aliphatic heterocycles. The van der Waals surface area contributed by atoms with Gasteiger partial charge in [-0.3, -0.25) is 0 Å². The molecule has 128 valence electrons. The molecule has 0 saturated carbocycles. The van der Waals surface area contributed by atoms with E-state index in [0.29, 0.717) is 0 Å². The molecule has 3 N–H and O–H groups in total. The summed E-state index contributed by atoms with van der Waals surface area (Å²) in [6.45, 7) is 2.28. The molecular weight excluding hydrogens is 268 g/mol. The molecule has 4 nitrogen and oxygen atoms in total. The molecule has 0 amide bonds. The van der Waals surface area contributed by atoms with Crippen molar-refractivity contribution in [1.82, 2.24) is 0 Å². The number of rotatable bonds is 16. The molecule has 0 rings (SSSR count). The maximum absolute atomic E-state index is 9.69. The molecule has 21 heavy (non-hydrogen) atoms. The average molecular weight is 304 g/mol. The van der Waals surface area contributed by atoms with Crippen molar-refractivity contribution in [2.45, 2.75) is 89.8 Å². The predicted molar refractivity (Wildman–Crippen MR) is 86.4 cm³/mol. The highest BCUT2D eigenvalue weighted by molar-refractivity contribution is 4.57. The molecule has 0 aliphatic rings. The van der Waals surface area contributed by atoms with Crippen LogP contribution in [0.5, 0.6) is 0 Å². The summed E-state index contributed by atoms with van der Waals surface area (Å²) in [5, 5.41) is 27.4. The lowest BCUT2D eigenvalue weighted by Gasteiger charge is -2.13. The molecule has 2 atom stereocenters. The van der Waals surface area contributed by atoms with Crippen molar-refractivity contribution in [1.29, 1.82) is 0 Å². The monoisotopic (exact) mass is 304 g/mol. The topological polar surface area (TPSA) is 69.9 Å². The van der Waals surface area contributed by atoms with Crippen molar-refractivity contribution in [3.63, 3.8) is 0 Å². The molecule has 0 spiro atoms. The Morgan fingerprint density at radius 1 is 0.714 bits per heavy atom. The van der Waals surface area contributed by atoms with Crippen LogP contribution in [0.4, 0.5) is 0 Å². The fraction of sp³-hybridized carbons (Fsp3) is 1.00. The normalized spacial score (nSPS) is 14.3. The van der Waals surface area contributed by atoms with E-state index in [1.165, 1.54) is 57.8 Å². The zero-order valence-electron chi connectivity index (χ0n) is 13.8. The first kappa shape index (κ1) is 20.8. The van der Waals surface area contributed by atoms with Crippen molar-refractivity contribution in [3.05, 3.63) is 0 Å². The Morgan fingerprint density at radius 2 is 1.19 bits per heavy atom. The van der Waals surface area contributed by atoms with Crippen molar-refractivity contribution in [3.8, 4) is 0 Å². The van der Waals surface area contributed by atoms with Gasteiger partial charge in [-0.15, -0.1) is 0 Å². The fourth-order valence-corrected chi connectivity index (χ4v) is 2.34. The van der Waals surface area contributed by atoms with Crippen LogP contribution in [-0.4, -0.2) is 47.3 Å². The quantitative estimate of drug-likeness (QED) is 0.383. The van der Waals surface area contributed by atoms with Crippen molar-refractivity contribution in [2.24, 2.45) is 0 Å². The van der Waals surface area contributed by atoms with Crippen LogP contribution in [0.25, 0.3) is 0 Å². The van der Waals surface area contributed by atoms with Crippen LogP contribution in [0.1, 0.15) is 77.6 Å². The summed E-state index contributed by atoms with van der Waals surface area (Å²) in [5.41, 5.74) is 0. The number of ether oxygens (including phenoxy) is 1. The summed E-state index contributed by atoms with van der Waals surface area (Å²) in [7, 11) is 0. The number of hydrogen-bond donors (Lipinski definition) is 3. The van der Waals surface area contributed by atoms with Gasteiger partial charge in [0.15, 0.2) is 0 Å². The fourth-order valence-electron chi connectivity index (χ4n) is 2.34. The first-order valence-corrected chi connectivity index (χ1v) is 8.75. The Bertz CT molecular complexity index is 199. The number of aliphatic hydroxyl groups is 3. The van der Waals surface area contributed by atoms with Crippen molar-refractivity contribution in [2.75, 3.05) is 19.8 Å². The third-order valence-electron chi connectivity index (χ3n) is 3.72. The highest BCUT2D eigenvalue weighted by atomic mass is 16.5. The Balaban J connectivity index is 3.16. The van der Waals surface area contributed by atoms with Crippen molar-refractivity contribution < 1.29 is 20.1 Å². The number of unbranched alkanes of at least 4 members (excludes halogenated alkanes) is 9.